The van der Waals surface area contributed by atoms with E-state index in [1.165, 1.54) is 0 Å². The van der Waals surface area contributed by atoms with Crippen molar-refractivity contribution in [3.05, 3.63) is 16.7 Å². The summed E-state index contributed by atoms with van der Waals surface area (Å²) >= 11 is 3.16. The lowest BCUT2D eigenvalue weighted by Crippen LogP contribution is -2.13. The third-order valence-corrected chi connectivity index (χ3v) is 4.26. The van der Waals surface area contributed by atoms with E-state index >= 15 is 0 Å². The molecule has 1 unspecified atom stereocenters. The summed E-state index contributed by atoms with van der Waals surface area (Å²) in [7, 11) is 0. The zero-order valence-electron chi connectivity index (χ0n) is 11.1. The largest absolute Gasteiger partial charge is 0.338 e. The molecule has 0 saturated carbocycles. The van der Waals surface area contributed by atoms with Crippen LogP contribution in [0.3, 0.4) is 0 Å². The first-order chi connectivity index (χ1) is 8.36. The van der Waals surface area contributed by atoms with Gasteiger partial charge in [0.15, 0.2) is 10.2 Å². The van der Waals surface area contributed by atoms with E-state index in [0.717, 1.165) is 15.2 Å². The van der Waals surface area contributed by atoms with Gasteiger partial charge in [0, 0.05) is 5.41 Å². The molecule has 0 fully saturated rings. The maximum absolute atomic E-state index is 5.31. The summed E-state index contributed by atoms with van der Waals surface area (Å²) in [6, 6.07) is 0. The number of hydrogen-bond acceptors (Lipinski definition) is 7. The normalized spacial score (nSPS) is 13.8. The molecule has 0 bridgehead atoms. The van der Waals surface area contributed by atoms with Crippen molar-refractivity contribution in [1.29, 1.82) is 0 Å². The molecule has 0 aliphatic heterocycles. The lowest BCUT2D eigenvalue weighted by molar-refractivity contribution is 0.364. The summed E-state index contributed by atoms with van der Waals surface area (Å²) in [5.74, 6) is 1.37. The van der Waals surface area contributed by atoms with E-state index in [0.29, 0.717) is 5.89 Å². The SMILES string of the molecule is Cc1nnc(SC(C)c2nc(C(C)(C)C)no2)s1. The fraction of sp³-hybridized carbons (Fsp3) is 0.636. The lowest BCUT2D eigenvalue weighted by Gasteiger charge is -2.11. The van der Waals surface area contributed by atoms with Crippen LogP contribution in [0.4, 0.5) is 0 Å². The summed E-state index contributed by atoms with van der Waals surface area (Å²) in [5.41, 5.74) is -0.0918. The van der Waals surface area contributed by atoms with Gasteiger partial charge >= 0.3 is 0 Å². The first-order valence-corrected chi connectivity index (χ1v) is 7.36. The van der Waals surface area contributed by atoms with E-state index < -0.39 is 0 Å². The van der Waals surface area contributed by atoms with E-state index in [4.69, 9.17) is 4.52 Å². The van der Waals surface area contributed by atoms with Crippen molar-refractivity contribution < 1.29 is 4.52 Å². The molecule has 2 heterocycles. The molecule has 1 atom stereocenters. The van der Waals surface area contributed by atoms with Crippen LogP contribution in [0.1, 0.15) is 49.7 Å². The van der Waals surface area contributed by atoms with Gasteiger partial charge in [0.05, 0.1) is 5.25 Å². The first kappa shape index (κ1) is 13.5. The monoisotopic (exact) mass is 284 g/mol. The third kappa shape index (κ3) is 3.08. The summed E-state index contributed by atoms with van der Waals surface area (Å²) in [4.78, 5) is 4.44. The van der Waals surface area contributed by atoms with Crippen LogP contribution in [-0.4, -0.2) is 20.3 Å². The molecule has 5 nitrogen and oxygen atoms in total. The molecule has 0 spiro atoms. The number of rotatable bonds is 3. The smallest absolute Gasteiger partial charge is 0.239 e. The molecule has 98 valence electrons. The molecule has 0 aliphatic rings. The minimum absolute atomic E-state index is 0.0842. The Morgan fingerprint density at radius 2 is 2.00 bits per heavy atom. The van der Waals surface area contributed by atoms with Crippen LogP contribution in [0, 0.1) is 6.92 Å². The molecule has 2 rings (SSSR count). The Morgan fingerprint density at radius 1 is 1.28 bits per heavy atom. The number of aromatic nitrogens is 4. The zero-order valence-corrected chi connectivity index (χ0v) is 12.7. The van der Waals surface area contributed by atoms with E-state index in [9.17, 15) is 0 Å². The fourth-order valence-corrected chi connectivity index (χ4v) is 3.22. The summed E-state index contributed by atoms with van der Waals surface area (Å²) < 4.78 is 6.23. The van der Waals surface area contributed by atoms with Crippen LogP contribution < -0.4 is 0 Å². The van der Waals surface area contributed by atoms with E-state index in [1.54, 1.807) is 23.1 Å². The van der Waals surface area contributed by atoms with Crippen LogP contribution in [-0.2, 0) is 5.41 Å². The second-order valence-electron chi connectivity index (χ2n) is 5.05. The Hall–Kier alpha value is -0.950. The molecular weight excluding hydrogens is 268 g/mol. The van der Waals surface area contributed by atoms with Gasteiger partial charge < -0.3 is 4.52 Å². The van der Waals surface area contributed by atoms with Crippen LogP contribution in [0.15, 0.2) is 8.86 Å². The number of aryl methyl sites for hydroxylation is 1. The van der Waals surface area contributed by atoms with Crippen molar-refractivity contribution in [1.82, 2.24) is 20.3 Å². The second kappa shape index (κ2) is 4.97. The summed E-state index contributed by atoms with van der Waals surface area (Å²) in [5, 5.41) is 13.1. The average molecular weight is 284 g/mol. The highest BCUT2D eigenvalue weighted by molar-refractivity contribution is 8.01. The van der Waals surface area contributed by atoms with Gasteiger partial charge in [-0.05, 0) is 13.8 Å². The second-order valence-corrected chi connectivity index (χ2v) is 7.82. The predicted molar refractivity (Wildman–Crippen MR) is 71.9 cm³/mol. The number of nitrogens with zero attached hydrogens (tertiary/aromatic N) is 4. The fourth-order valence-electron chi connectivity index (χ4n) is 1.23. The van der Waals surface area contributed by atoms with Gasteiger partial charge in [0.2, 0.25) is 5.89 Å². The quantitative estimate of drug-likeness (QED) is 0.805. The Balaban J connectivity index is 2.09. The van der Waals surface area contributed by atoms with Crippen molar-refractivity contribution in [3.8, 4) is 0 Å². The molecule has 18 heavy (non-hydrogen) atoms. The van der Waals surface area contributed by atoms with Crippen LogP contribution in [0.25, 0.3) is 0 Å². The van der Waals surface area contributed by atoms with Crippen molar-refractivity contribution in [3.63, 3.8) is 0 Å². The maximum atomic E-state index is 5.31. The van der Waals surface area contributed by atoms with Crippen molar-refractivity contribution in [2.45, 2.75) is 49.6 Å². The molecule has 7 heteroatoms. The molecule has 0 aliphatic carbocycles. The topological polar surface area (TPSA) is 64.7 Å². The highest BCUT2D eigenvalue weighted by atomic mass is 32.2. The highest BCUT2D eigenvalue weighted by Gasteiger charge is 2.24. The van der Waals surface area contributed by atoms with Crippen LogP contribution in [0.5, 0.6) is 0 Å². The summed E-state index contributed by atoms with van der Waals surface area (Å²) in [6.45, 7) is 10.2. The van der Waals surface area contributed by atoms with Crippen LogP contribution in [0.2, 0.25) is 0 Å². The minimum Gasteiger partial charge on any atom is -0.338 e. The predicted octanol–water partition coefficient (Wildman–Crippen LogP) is 3.38. The van der Waals surface area contributed by atoms with Crippen LogP contribution >= 0.6 is 23.1 Å². The zero-order chi connectivity index (χ0) is 13.3. The van der Waals surface area contributed by atoms with Gasteiger partial charge in [-0.25, -0.2) is 0 Å². The van der Waals surface area contributed by atoms with Crippen molar-refractivity contribution in [2.75, 3.05) is 0 Å². The molecule has 0 aromatic carbocycles. The number of hydrogen-bond donors (Lipinski definition) is 0. The number of thioether (sulfide) groups is 1. The first-order valence-electron chi connectivity index (χ1n) is 5.67. The standard InChI is InChI=1S/C11H16N4OS2/c1-6(17-10-14-13-7(2)18-10)8-12-9(15-16-8)11(3,4)5/h6H,1-5H3. The van der Waals surface area contributed by atoms with Gasteiger partial charge in [-0.2, -0.15) is 4.98 Å². The van der Waals surface area contributed by atoms with Gasteiger partial charge in [0.1, 0.15) is 5.01 Å². The Kier molecular flexibility index (Phi) is 3.72. The third-order valence-electron chi connectivity index (χ3n) is 2.25. The van der Waals surface area contributed by atoms with E-state index in [2.05, 4.69) is 41.1 Å². The van der Waals surface area contributed by atoms with Crippen molar-refractivity contribution >= 4 is 23.1 Å². The molecule has 0 N–H and O–H groups in total. The molecule has 0 amide bonds. The van der Waals surface area contributed by atoms with Gasteiger partial charge in [-0.1, -0.05) is 49.0 Å². The minimum atomic E-state index is -0.0918. The molecule has 0 radical (unpaired) electrons. The van der Waals surface area contributed by atoms with Gasteiger partial charge in [0.25, 0.3) is 0 Å². The lowest BCUT2D eigenvalue weighted by atomic mass is 9.96. The average Bonchev–Trinajstić information content (AvgIpc) is 2.85. The van der Waals surface area contributed by atoms with Gasteiger partial charge in [-0.3, -0.25) is 0 Å². The Labute approximate surface area is 114 Å². The molecule has 2 aromatic rings. The summed E-state index contributed by atoms with van der Waals surface area (Å²) in [6.07, 6.45) is 0. The molecule has 0 saturated heterocycles. The van der Waals surface area contributed by atoms with E-state index in [1.807, 2.05) is 13.8 Å². The van der Waals surface area contributed by atoms with E-state index in [-0.39, 0.29) is 10.7 Å². The molecular formula is C11H16N4OS2. The Morgan fingerprint density at radius 3 is 2.50 bits per heavy atom. The maximum Gasteiger partial charge on any atom is 0.239 e. The van der Waals surface area contributed by atoms with Gasteiger partial charge in [-0.15, -0.1) is 10.2 Å². The van der Waals surface area contributed by atoms with Crippen molar-refractivity contribution in [2.24, 2.45) is 0 Å². The highest BCUT2D eigenvalue weighted by Crippen LogP contribution is 2.35. The Bertz CT molecular complexity index is 529. The molecule has 2 aromatic heterocycles.